The fourth-order valence-corrected chi connectivity index (χ4v) is 4.26. The van der Waals surface area contributed by atoms with E-state index in [4.69, 9.17) is 19.4 Å². The van der Waals surface area contributed by atoms with Crippen molar-refractivity contribution in [3.63, 3.8) is 0 Å². The number of fused-ring (bicyclic) bond motifs is 1. The molecule has 0 bridgehead atoms. The molecule has 0 spiro atoms. The second-order valence-electron chi connectivity index (χ2n) is 8.92. The molecule has 2 heterocycles. The van der Waals surface area contributed by atoms with Crippen LogP contribution in [0.15, 0.2) is 59.5 Å². The molecule has 0 fully saturated rings. The number of nitrogens with zero attached hydrogens (tertiary/aromatic N) is 4. The maximum atomic E-state index is 12.7. The quantitative estimate of drug-likeness (QED) is 0.281. The lowest BCUT2D eigenvalue weighted by molar-refractivity contribution is 0.414. The lowest BCUT2D eigenvalue weighted by atomic mass is 10.1. The van der Waals surface area contributed by atoms with Crippen molar-refractivity contribution >= 4 is 22.7 Å². The minimum atomic E-state index is -0.310. The van der Waals surface area contributed by atoms with Crippen molar-refractivity contribution < 1.29 is 9.47 Å². The van der Waals surface area contributed by atoms with Crippen molar-refractivity contribution in [3.8, 4) is 11.5 Å². The normalized spacial score (nSPS) is 11.8. The molecule has 37 heavy (non-hydrogen) atoms. The van der Waals surface area contributed by atoms with E-state index in [1.165, 1.54) is 0 Å². The molecule has 2 aromatic carbocycles. The molecule has 0 aliphatic rings. The van der Waals surface area contributed by atoms with E-state index in [0.29, 0.717) is 35.8 Å². The Hall–Kier alpha value is -4.14. The molecule has 9 nitrogen and oxygen atoms in total. The highest BCUT2D eigenvalue weighted by molar-refractivity contribution is 5.88. The van der Waals surface area contributed by atoms with Crippen LogP contribution < -0.4 is 25.2 Å². The number of methoxy groups -OCH3 is 2. The molecule has 1 atom stereocenters. The largest absolute Gasteiger partial charge is 0.497 e. The van der Waals surface area contributed by atoms with Gasteiger partial charge in [-0.25, -0.2) is 10.1 Å². The fraction of sp³-hybridized carbons (Fsp3) is 0.357. The summed E-state index contributed by atoms with van der Waals surface area (Å²) in [6.07, 6.45) is 4.49. The summed E-state index contributed by atoms with van der Waals surface area (Å²) in [5, 5.41) is 10.4. The minimum Gasteiger partial charge on any atom is -0.497 e. The maximum Gasteiger partial charge on any atom is 0.277 e. The summed E-state index contributed by atoms with van der Waals surface area (Å²) in [7, 11) is 3.31. The summed E-state index contributed by atoms with van der Waals surface area (Å²) in [4.78, 5) is 24.5. The zero-order valence-electron chi connectivity index (χ0n) is 21.8. The number of nitrogens with one attached hydrogen (secondary N) is 2. The monoisotopic (exact) mass is 502 g/mol. The van der Waals surface area contributed by atoms with Gasteiger partial charge < -0.3 is 19.7 Å². The second-order valence-corrected chi connectivity index (χ2v) is 8.92. The number of aromatic nitrogens is 4. The zero-order chi connectivity index (χ0) is 26.2. The first-order chi connectivity index (χ1) is 18.0. The van der Waals surface area contributed by atoms with E-state index in [0.717, 1.165) is 41.9 Å². The molecule has 2 aromatic heterocycles. The number of H-pyrrole nitrogens is 1. The number of anilines is 2. The van der Waals surface area contributed by atoms with Crippen molar-refractivity contribution in [2.45, 2.75) is 52.2 Å². The summed E-state index contributed by atoms with van der Waals surface area (Å²) in [6, 6.07) is 16.1. The van der Waals surface area contributed by atoms with Crippen molar-refractivity contribution in [1.82, 2.24) is 20.2 Å². The van der Waals surface area contributed by atoms with E-state index in [9.17, 15) is 4.79 Å². The molecule has 0 amide bonds. The van der Waals surface area contributed by atoms with Crippen LogP contribution in [0.1, 0.15) is 44.2 Å². The Morgan fingerprint density at radius 1 is 0.919 bits per heavy atom. The number of aromatic amines is 1. The molecule has 0 saturated carbocycles. The lowest BCUT2D eigenvalue weighted by Gasteiger charge is -2.25. The zero-order valence-corrected chi connectivity index (χ0v) is 21.8. The van der Waals surface area contributed by atoms with Gasteiger partial charge in [-0.1, -0.05) is 44.5 Å². The van der Waals surface area contributed by atoms with Crippen LogP contribution in [-0.4, -0.2) is 40.4 Å². The topological polar surface area (TPSA) is 105 Å². The van der Waals surface area contributed by atoms with Gasteiger partial charge in [-0.15, -0.1) is 0 Å². The van der Waals surface area contributed by atoms with Gasteiger partial charge in [0, 0.05) is 19.1 Å². The van der Waals surface area contributed by atoms with E-state index < -0.39 is 0 Å². The second kappa shape index (κ2) is 12.2. The predicted octanol–water partition coefficient (Wildman–Crippen LogP) is 4.93. The van der Waals surface area contributed by atoms with Crippen LogP contribution in [0.2, 0.25) is 0 Å². The summed E-state index contributed by atoms with van der Waals surface area (Å²) < 4.78 is 10.6. The van der Waals surface area contributed by atoms with Crippen molar-refractivity contribution in [3.05, 3.63) is 76.2 Å². The van der Waals surface area contributed by atoms with E-state index in [2.05, 4.69) is 34.3 Å². The summed E-state index contributed by atoms with van der Waals surface area (Å²) >= 11 is 0. The molecule has 4 aromatic rings. The lowest BCUT2D eigenvalue weighted by Crippen LogP contribution is -2.27. The molecular weight excluding hydrogens is 468 g/mol. The van der Waals surface area contributed by atoms with Crippen LogP contribution >= 0.6 is 0 Å². The van der Waals surface area contributed by atoms with Gasteiger partial charge in [-0.2, -0.15) is 10.1 Å². The van der Waals surface area contributed by atoms with Crippen LogP contribution in [0, 0.1) is 0 Å². The highest BCUT2D eigenvalue weighted by Crippen LogP contribution is 2.25. The van der Waals surface area contributed by atoms with Gasteiger partial charge in [-0.05, 0) is 48.2 Å². The van der Waals surface area contributed by atoms with Gasteiger partial charge >= 0.3 is 0 Å². The molecule has 0 saturated heterocycles. The average Bonchev–Trinajstić information content (AvgIpc) is 2.93. The molecule has 0 unspecified atom stereocenters. The Morgan fingerprint density at radius 2 is 1.51 bits per heavy atom. The van der Waals surface area contributed by atoms with Gasteiger partial charge in [0.2, 0.25) is 5.95 Å². The predicted molar refractivity (Wildman–Crippen MR) is 146 cm³/mol. The van der Waals surface area contributed by atoms with Gasteiger partial charge in [-0.3, -0.25) is 4.79 Å². The molecule has 2 N–H and O–H groups in total. The van der Waals surface area contributed by atoms with Crippen LogP contribution in [0.5, 0.6) is 11.5 Å². The van der Waals surface area contributed by atoms with Crippen molar-refractivity contribution in [2.24, 2.45) is 0 Å². The van der Waals surface area contributed by atoms with Crippen LogP contribution in [-0.2, 0) is 13.1 Å². The fourth-order valence-electron chi connectivity index (χ4n) is 4.26. The number of rotatable bonds is 12. The van der Waals surface area contributed by atoms with Crippen molar-refractivity contribution in [1.29, 1.82) is 0 Å². The summed E-state index contributed by atoms with van der Waals surface area (Å²) in [5.74, 6) is 2.63. The number of benzene rings is 2. The Kier molecular flexibility index (Phi) is 8.56. The molecule has 0 aliphatic heterocycles. The molecule has 4 rings (SSSR count). The number of hydrogen-bond acceptors (Lipinski definition) is 8. The van der Waals surface area contributed by atoms with E-state index in [1.54, 1.807) is 20.4 Å². The van der Waals surface area contributed by atoms with E-state index >= 15 is 0 Å². The number of ether oxygens (including phenoxy) is 2. The van der Waals surface area contributed by atoms with Crippen molar-refractivity contribution in [2.75, 3.05) is 24.4 Å². The minimum absolute atomic E-state index is 0.195. The first-order valence-corrected chi connectivity index (χ1v) is 12.6. The highest BCUT2D eigenvalue weighted by atomic mass is 16.5. The Bertz CT molecular complexity index is 1310. The third-order valence-electron chi connectivity index (χ3n) is 6.32. The van der Waals surface area contributed by atoms with Crippen LogP contribution in [0.3, 0.4) is 0 Å². The maximum absolute atomic E-state index is 12.7. The third-order valence-corrected chi connectivity index (χ3v) is 6.32. The van der Waals surface area contributed by atoms with E-state index in [-0.39, 0.29) is 11.6 Å². The molecule has 194 valence electrons. The first-order valence-electron chi connectivity index (χ1n) is 12.6. The summed E-state index contributed by atoms with van der Waals surface area (Å²) in [5.41, 5.74) is 2.34. The standard InChI is InChI=1S/C28H34N6O3/c1-5-7-21(6-2)30-26-25-24(16-29-33-27(25)35)31-28(32-26)34(17-19-8-12-22(36-3)13-9-19)18-20-10-14-23(37-4)15-11-20/h8-16,21H,5-7,17-18H2,1-4H3,(H,33,35)(H,30,31,32)/t21-/m1/s1. The van der Waals surface area contributed by atoms with Gasteiger partial charge in [0.1, 0.15) is 28.2 Å². The smallest absolute Gasteiger partial charge is 0.277 e. The molecule has 0 aliphatic carbocycles. The first kappa shape index (κ1) is 25.9. The Morgan fingerprint density at radius 3 is 2.03 bits per heavy atom. The van der Waals surface area contributed by atoms with Gasteiger partial charge in [0.25, 0.3) is 5.56 Å². The van der Waals surface area contributed by atoms with E-state index in [1.807, 2.05) is 48.5 Å². The number of hydrogen-bond donors (Lipinski definition) is 2. The Labute approximate surface area is 216 Å². The molecule has 9 heteroatoms. The molecule has 0 radical (unpaired) electrons. The molecular formula is C28H34N6O3. The Balaban J connectivity index is 1.78. The van der Waals surface area contributed by atoms with Crippen LogP contribution in [0.4, 0.5) is 11.8 Å². The van der Waals surface area contributed by atoms with Gasteiger partial charge in [0.15, 0.2) is 0 Å². The van der Waals surface area contributed by atoms with Crippen LogP contribution in [0.25, 0.3) is 10.9 Å². The summed E-state index contributed by atoms with van der Waals surface area (Å²) in [6.45, 7) is 5.40. The SMILES string of the molecule is CCC[C@@H](CC)Nc1nc(N(Cc2ccc(OC)cc2)Cc2ccc(OC)cc2)nc2cn[nH]c(=O)c12. The highest BCUT2D eigenvalue weighted by Gasteiger charge is 2.19. The third kappa shape index (κ3) is 6.35. The van der Waals surface area contributed by atoms with Gasteiger partial charge in [0.05, 0.1) is 20.4 Å². The average molecular weight is 503 g/mol.